The molecule has 2 N–H and O–H groups in total. The Labute approximate surface area is 97.4 Å². The Bertz CT molecular complexity index is 473. The molecule has 0 aromatic heterocycles. The second-order valence-electron chi connectivity index (χ2n) is 4.11. The van der Waals surface area contributed by atoms with Crippen molar-refractivity contribution in [2.75, 3.05) is 5.32 Å². The fourth-order valence-electron chi connectivity index (χ4n) is 2.08. The number of anilines is 1. The van der Waals surface area contributed by atoms with Crippen LogP contribution in [0.1, 0.15) is 30.7 Å². The van der Waals surface area contributed by atoms with E-state index in [-0.39, 0.29) is 24.7 Å². The van der Waals surface area contributed by atoms with Gasteiger partial charge in [-0.2, -0.15) is 0 Å². The van der Waals surface area contributed by atoms with E-state index in [9.17, 15) is 14.0 Å². The number of aliphatic carboxylic acids is 1. The third-order valence-corrected chi connectivity index (χ3v) is 2.87. The van der Waals surface area contributed by atoms with Crippen LogP contribution in [0.15, 0.2) is 18.2 Å². The molecule has 0 radical (unpaired) electrons. The zero-order chi connectivity index (χ0) is 12.4. The Morgan fingerprint density at radius 1 is 1.53 bits per heavy atom. The summed E-state index contributed by atoms with van der Waals surface area (Å²) in [5.74, 6) is -1.85. The molecule has 1 amide bonds. The van der Waals surface area contributed by atoms with Gasteiger partial charge in [0, 0.05) is 12.1 Å². The summed E-state index contributed by atoms with van der Waals surface area (Å²) >= 11 is 0. The highest BCUT2D eigenvalue weighted by molar-refractivity contribution is 5.92. The van der Waals surface area contributed by atoms with Crippen LogP contribution in [-0.2, 0) is 9.59 Å². The average Bonchev–Trinajstić information content (AvgIpc) is 2.39. The highest BCUT2D eigenvalue weighted by atomic mass is 19.1. The summed E-state index contributed by atoms with van der Waals surface area (Å²) in [6.45, 7) is 0. The molecule has 1 aromatic rings. The van der Waals surface area contributed by atoms with Crippen LogP contribution in [0, 0.1) is 5.82 Å². The molecular formula is C12H12FNO3. The summed E-state index contributed by atoms with van der Waals surface area (Å²) in [6, 6.07) is 4.03. The number of hydrogen-bond acceptors (Lipinski definition) is 2. The number of hydrogen-bond donors (Lipinski definition) is 2. The van der Waals surface area contributed by atoms with Gasteiger partial charge in [-0.15, -0.1) is 0 Å². The van der Waals surface area contributed by atoms with E-state index in [2.05, 4.69) is 5.32 Å². The van der Waals surface area contributed by atoms with E-state index in [1.54, 1.807) is 0 Å². The molecule has 5 heteroatoms. The summed E-state index contributed by atoms with van der Waals surface area (Å²) in [4.78, 5) is 22.2. The molecule has 0 fully saturated rings. The van der Waals surface area contributed by atoms with Crippen molar-refractivity contribution >= 4 is 17.6 Å². The first-order valence-electron chi connectivity index (χ1n) is 5.37. The van der Waals surface area contributed by atoms with Crippen LogP contribution in [0.2, 0.25) is 0 Å². The maximum Gasteiger partial charge on any atom is 0.303 e. The van der Waals surface area contributed by atoms with Gasteiger partial charge < -0.3 is 10.4 Å². The van der Waals surface area contributed by atoms with Crippen LogP contribution in [0.3, 0.4) is 0 Å². The van der Waals surface area contributed by atoms with Crippen LogP contribution >= 0.6 is 0 Å². The lowest BCUT2D eigenvalue weighted by atomic mass is 9.91. The van der Waals surface area contributed by atoms with Gasteiger partial charge in [-0.25, -0.2) is 4.39 Å². The molecule has 0 spiro atoms. The second kappa shape index (κ2) is 4.53. The molecular weight excluding hydrogens is 225 g/mol. The summed E-state index contributed by atoms with van der Waals surface area (Å²) in [6.07, 6.45) is 0.592. The quantitative estimate of drug-likeness (QED) is 0.827. The van der Waals surface area contributed by atoms with E-state index in [1.165, 1.54) is 18.2 Å². The Hall–Kier alpha value is -1.91. The SMILES string of the molecule is O=C(O)CC1CCC(=O)Nc2ccc(F)cc21. The van der Waals surface area contributed by atoms with Gasteiger partial charge >= 0.3 is 5.97 Å². The molecule has 1 atom stereocenters. The minimum Gasteiger partial charge on any atom is -0.481 e. The van der Waals surface area contributed by atoms with Gasteiger partial charge in [0.1, 0.15) is 5.82 Å². The monoisotopic (exact) mass is 237 g/mol. The lowest BCUT2D eigenvalue weighted by molar-refractivity contribution is -0.137. The van der Waals surface area contributed by atoms with Crippen molar-refractivity contribution in [3.05, 3.63) is 29.6 Å². The predicted molar refractivity (Wildman–Crippen MR) is 59.3 cm³/mol. The molecule has 1 aliphatic rings. The minimum absolute atomic E-state index is 0.0919. The van der Waals surface area contributed by atoms with Crippen molar-refractivity contribution in [3.8, 4) is 0 Å². The van der Waals surface area contributed by atoms with Crippen LogP contribution < -0.4 is 5.32 Å². The second-order valence-corrected chi connectivity index (χ2v) is 4.11. The fourth-order valence-corrected chi connectivity index (χ4v) is 2.08. The number of fused-ring (bicyclic) bond motifs is 1. The molecule has 1 aromatic carbocycles. The summed E-state index contributed by atoms with van der Waals surface area (Å²) in [5.41, 5.74) is 1.08. The van der Waals surface area contributed by atoms with Gasteiger partial charge in [0.2, 0.25) is 5.91 Å². The Balaban J connectivity index is 2.40. The molecule has 1 heterocycles. The molecule has 1 unspecified atom stereocenters. The van der Waals surface area contributed by atoms with Crippen molar-refractivity contribution in [2.45, 2.75) is 25.2 Å². The molecule has 2 rings (SSSR count). The van der Waals surface area contributed by atoms with E-state index in [1.807, 2.05) is 0 Å². The largest absolute Gasteiger partial charge is 0.481 e. The zero-order valence-electron chi connectivity index (χ0n) is 9.07. The molecule has 90 valence electrons. The first kappa shape index (κ1) is 11.6. The van der Waals surface area contributed by atoms with E-state index >= 15 is 0 Å². The number of benzene rings is 1. The number of halogens is 1. The van der Waals surface area contributed by atoms with Gasteiger partial charge in [0.25, 0.3) is 0 Å². The highest BCUT2D eigenvalue weighted by Gasteiger charge is 2.24. The molecule has 1 aliphatic heterocycles. The van der Waals surface area contributed by atoms with Crippen molar-refractivity contribution in [3.63, 3.8) is 0 Å². The Morgan fingerprint density at radius 3 is 3.00 bits per heavy atom. The average molecular weight is 237 g/mol. The van der Waals surface area contributed by atoms with Gasteiger partial charge in [-0.05, 0) is 36.1 Å². The summed E-state index contributed by atoms with van der Waals surface area (Å²) in [7, 11) is 0. The fraction of sp³-hybridized carbons (Fsp3) is 0.333. The van der Waals surface area contributed by atoms with E-state index < -0.39 is 11.8 Å². The normalized spacial score (nSPS) is 19.1. The van der Waals surface area contributed by atoms with E-state index in [0.717, 1.165) is 0 Å². The topological polar surface area (TPSA) is 66.4 Å². The van der Waals surface area contributed by atoms with Crippen LogP contribution in [-0.4, -0.2) is 17.0 Å². The van der Waals surface area contributed by atoms with Crippen LogP contribution in [0.25, 0.3) is 0 Å². The maximum absolute atomic E-state index is 13.2. The number of amides is 1. The molecule has 0 bridgehead atoms. The maximum atomic E-state index is 13.2. The van der Waals surface area contributed by atoms with Crippen molar-refractivity contribution in [1.29, 1.82) is 0 Å². The molecule has 4 nitrogen and oxygen atoms in total. The minimum atomic E-state index is -0.945. The third kappa shape index (κ3) is 2.61. The van der Waals surface area contributed by atoms with Crippen molar-refractivity contribution in [1.82, 2.24) is 0 Å². The highest BCUT2D eigenvalue weighted by Crippen LogP contribution is 2.34. The summed E-state index contributed by atoms with van der Waals surface area (Å²) < 4.78 is 13.2. The number of carbonyl (C=O) groups excluding carboxylic acids is 1. The number of carbonyl (C=O) groups is 2. The van der Waals surface area contributed by atoms with E-state index in [4.69, 9.17) is 5.11 Å². The molecule has 0 saturated heterocycles. The summed E-state index contributed by atoms with van der Waals surface area (Å²) in [5, 5.41) is 11.5. The first-order chi connectivity index (χ1) is 8.06. The Morgan fingerprint density at radius 2 is 2.29 bits per heavy atom. The molecule has 0 aliphatic carbocycles. The lowest BCUT2D eigenvalue weighted by Gasteiger charge is -2.14. The molecule has 0 saturated carbocycles. The Kier molecular flexibility index (Phi) is 3.08. The smallest absolute Gasteiger partial charge is 0.303 e. The van der Waals surface area contributed by atoms with Crippen molar-refractivity contribution in [2.24, 2.45) is 0 Å². The van der Waals surface area contributed by atoms with Gasteiger partial charge in [0.05, 0.1) is 6.42 Å². The van der Waals surface area contributed by atoms with Gasteiger partial charge in [-0.3, -0.25) is 9.59 Å². The van der Waals surface area contributed by atoms with Gasteiger partial charge in [-0.1, -0.05) is 0 Å². The van der Waals surface area contributed by atoms with E-state index in [0.29, 0.717) is 17.7 Å². The third-order valence-electron chi connectivity index (χ3n) is 2.87. The van der Waals surface area contributed by atoms with Gasteiger partial charge in [0.15, 0.2) is 0 Å². The van der Waals surface area contributed by atoms with Crippen molar-refractivity contribution < 1.29 is 19.1 Å². The molecule has 17 heavy (non-hydrogen) atoms. The number of nitrogens with one attached hydrogen (secondary N) is 1. The number of carboxylic acid groups (broad SMARTS) is 1. The lowest BCUT2D eigenvalue weighted by Crippen LogP contribution is -2.09. The predicted octanol–water partition coefficient (Wildman–Crippen LogP) is 2.12. The first-order valence-corrected chi connectivity index (χ1v) is 5.37. The van der Waals surface area contributed by atoms with Crippen LogP contribution in [0.5, 0.6) is 0 Å². The number of carboxylic acids is 1. The van der Waals surface area contributed by atoms with Crippen LogP contribution in [0.4, 0.5) is 10.1 Å². The zero-order valence-corrected chi connectivity index (χ0v) is 9.07. The standard InChI is InChI=1S/C12H12FNO3/c13-8-2-3-10-9(6-8)7(5-12(16)17)1-4-11(15)14-10/h2-3,6-7H,1,4-5H2,(H,14,15)(H,16,17). The number of rotatable bonds is 2.